The van der Waals surface area contributed by atoms with Gasteiger partial charge in [-0.25, -0.2) is 13.6 Å². The number of nitrogens with two attached hydrogens (primary N) is 1. The summed E-state index contributed by atoms with van der Waals surface area (Å²) in [7, 11) is -3.33. The first-order valence-electron chi connectivity index (χ1n) is 5.68. The fourth-order valence-electron chi connectivity index (χ4n) is 3.27. The lowest BCUT2D eigenvalue weighted by Crippen LogP contribution is -2.50. The molecule has 2 aliphatic heterocycles. The molecule has 88 valence electrons. The Morgan fingerprint density at radius 2 is 1.67 bits per heavy atom. The van der Waals surface area contributed by atoms with Crippen LogP contribution in [0.3, 0.4) is 0 Å². The first-order valence-corrected chi connectivity index (χ1v) is 7.29. The lowest BCUT2D eigenvalue weighted by Gasteiger charge is -2.40. The third-order valence-corrected chi connectivity index (χ3v) is 5.12. The molecule has 0 spiro atoms. The predicted molar refractivity (Wildman–Crippen MR) is 59.9 cm³/mol. The number of hydrogen-bond donors (Lipinski definition) is 1. The Balaban J connectivity index is 2.15. The SMILES string of the molecule is CC(C)N1[C@@H]2CC[C@H]1C[C@H](S(N)(=O)=O)C2. The van der Waals surface area contributed by atoms with Gasteiger partial charge in [0.2, 0.25) is 10.0 Å². The summed E-state index contributed by atoms with van der Waals surface area (Å²) in [6.45, 7) is 4.37. The van der Waals surface area contributed by atoms with Gasteiger partial charge >= 0.3 is 0 Å². The van der Waals surface area contributed by atoms with Gasteiger partial charge in [0.1, 0.15) is 0 Å². The molecule has 0 aliphatic carbocycles. The van der Waals surface area contributed by atoms with E-state index >= 15 is 0 Å². The van der Waals surface area contributed by atoms with Gasteiger partial charge in [0, 0.05) is 18.1 Å². The molecule has 4 nitrogen and oxygen atoms in total. The van der Waals surface area contributed by atoms with Gasteiger partial charge in [0.25, 0.3) is 0 Å². The first-order chi connectivity index (χ1) is 6.89. The van der Waals surface area contributed by atoms with Crippen molar-refractivity contribution < 1.29 is 8.42 Å². The van der Waals surface area contributed by atoms with Crippen molar-refractivity contribution in [2.45, 2.75) is 62.9 Å². The van der Waals surface area contributed by atoms with Crippen LogP contribution in [0.25, 0.3) is 0 Å². The van der Waals surface area contributed by atoms with Crippen LogP contribution in [0.4, 0.5) is 0 Å². The monoisotopic (exact) mass is 232 g/mol. The van der Waals surface area contributed by atoms with Crippen LogP contribution in [0.1, 0.15) is 39.5 Å². The number of rotatable bonds is 2. The van der Waals surface area contributed by atoms with Crippen LogP contribution in [0.2, 0.25) is 0 Å². The van der Waals surface area contributed by atoms with E-state index in [9.17, 15) is 8.42 Å². The van der Waals surface area contributed by atoms with Gasteiger partial charge in [-0.3, -0.25) is 4.90 Å². The number of sulfonamides is 1. The van der Waals surface area contributed by atoms with Crippen LogP contribution in [0.5, 0.6) is 0 Å². The Morgan fingerprint density at radius 1 is 1.20 bits per heavy atom. The van der Waals surface area contributed by atoms with E-state index in [-0.39, 0.29) is 5.25 Å². The maximum atomic E-state index is 11.3. The van der Waals surface area contributed by atoms with Crippen LogP contribution in [0.15, 0.2) is 0 Å². The van der Waals surface area contributed by atoms with Crippen LogP contribution < -0.4 is 5.14 Å². The highest BCUT2D eigenvalue weighted by Crippen LogP contribution is 2.38. The van der Waals surface area contributed by atoms with E-state index in [1.807, 2.05) is 0 Å². The van der Waals surface area contributed by atoms with E-state index in [1.165, 1.54) is 0 Å². The molecule has 2 heterocycles. The second-order valence-electron chi connectivity index (χ2n) is 5.11. The fourth-order valence-corrected chi connectivity index (χ4v) is 4.26. The zero-order valence-electron chi connectivity index (χ0n) is 9.39. The highest BCUT2D eigenvalue weighted by molar-refractivity contribution is 7.89. The number of primary sulfonamides is 1. The smallest absolute Gasteiger partial charge is 0.212 e. The average Bonchev–Trinajstić information content (AvgIpc) is 2.35. The van der Waals surface area contributed by atoms with Crippen molar-refractivity contribution in [2.75, 3.05) is 0 Å². The van der Waals surface area contributed by atoms with E-state index in [1.54, 1.807) is 0 Å². The Morgan fingerprint density at radius 3 is 2.00 bits per heavy atom. The molecule has 0 radical (unpaired) electrons. The zero-order valence-corrected chi connectivity index (χ0v) is 10.2. The van der Waals surface area contributed by atoms with Crippen molar-refractivity contribution in [2.24, 2.45) is 5.14 Å². The molecule has 2 fully saturated rings. The Bertz CT molecular complexity index is 325. The Hall–Kier alpha value is -0.130. The molecule has 15 heavy (non-hydrogen) atoms. The van der Waals surface area contributed by atoms with Gasteiger partial charge in [-0.1, -0.05) is 0 Å². The Labute approximate surface area is 91.9 Å². The average molecular weight is 232 g/mol. The molecule has 0 aromatic carbocycles. The molecule has 0 aromatic heterocycles. The van der Waals surface area contributed by atoms with Crippen molar-refractivity contribution in [1.29, 1.82) is 0 Å². The third-order valence-electron chi connectivity index (χ3n) is 3.81. The molecule has 2 aliphatic rings. The molecule has 0 aromatic rings. The first kappa shape index (κ1) is 11.4. The van der Waals surface area contributed by atoms with Gasteiger partial charge in [0.15, 0.2) is 0 Å². The van der Waals surface area contributed by atoms with Crippen LogP contribution in [-0.4, -0.2) is 36.7 Å². The van der Waals surface area contributed by atoms with E-state index in [0.29, 0.717) is 18.1 Å². The molecule has 2 rings (SSSR count). The minimum Gasteiger partial charge on any atom is -0.295 e. The quantitative estimate of drug-likeness (QED) is 0.761. The minimum atomic E-state index is -3.33. The van der Waals surface area contributed by atoms with Gasteiger partial charge in [0.05, 0.1) is 5.25 Å². The van der Waals surface area contributed by atoms with Crippen LogP contribution >= 0.6 is 0 Å². The maximum Gasteiger partial charge on any atom is 0.212 e. The maximum absolute atomic E-state index is 11.3. The highest BCUT2D eigenvalue weighted by Gasteiger charge is 2.44. The lowest BCUT2D eigenvalue weighted by molar-refractivity contribution is 0.106. The lowest BCUT2D eigenvalue weighted by atomic mass is 10.0. The number of nitrogens with zero attached hydrogens (tertiary/aromatic N) is 1. The standard InChI is InChI=1S/C10H20N2O2S/c1-7(2)12-8-3-4-9(12)6-10(5-8)15(11,13)14/h7-10H,3-6H2,1-2H3,(H2,11,13,14)/t8-,9+,10-. The summed E-state index contributed by atoms with van der Waals surface area (Å²) in [5.74, 6) is 0. The summed E-state index contributed by atoms with van der Waals surface area (Å²) in [5.41, 5.74) is 0. The molecule has 0 amide bonds. The normalized spacial score (nSPS) is 37.5. The van der Waals surface area contributed by atoms with Gasteiger partial charge in [-0.05, 0) is 39.5 Å². The largest absolute Gasteiger partial charge is 0.295 e. The number of hydrogen-bond acceptors (Lipinski definition) is 3. The molecular formula is C10H20N2O2S. The van der Waals surface area contributed by atoms with Crippen molar-refractivity contribution in [3.63, 3.8) is 0 Å². The molecule has 3 atom stereocenters. The van der Waals surface area contributed by atoms with Crippen molar-refractivity contribution >= 4 is 10.0 Å². The van der Waals surface area contributed by atoms with Crippen molar-refractivity contribution in [3.05, 3.63) is 0 Å². The van der Waals surface area contributed by atoms with E-state index < -0.39 is 10.0 Å². The van der Waals surface area contributed by atoms with E-state index in [2.05, 4.69) is 18.7 Å². The summed E-state index contributed by atoms with van der Waals surface area (Å²) in [5, 5.41) is 4.94. The molecule has 2 N–H and O–H groups in total. The molecule has 0 unspecified atom stereocenters. The molecule has 2 saturated heterocycles. The van der Waals surface area contributed by atoms with Gasteiger partial charge in [-0.2, -0.15) is 0 Å². The number of fused-ring (bicyclic) bond motifs is 2. The summed E-state index contributed by atoms with van der Waals surface area (Å²) in [6.07, 6.45) is 3.73. The molecule has 2 bridgehead atoms. The van der Waals surface area contributed by atoms with Crippen LogP contribution in [-0.2, 0) is 10.0 Å². The number of piperidine rings is 1. The van der Waals surface area contributed by atoms with Crippen molar-refractivity contribution in [3.8, 4) is 0 Å². The van der Waals surface area contributed by atoms with Gasteiger partial charge in [-0.15, -0.1) is 0 Å². The summed E-state index contributed by atoms with van der Waals surface area (Å²) < 4.78 is 22.7. The predicted octanol–water partition coefficient (Wildman–Crippen LogP) is 0.679. The second-order valence-corrected chi connectivity index (χ2v) is 6.95. The van der Waals surface area contributed by atoms with Gasteiger partial charge < -0.3 is 0 Å². The third kappa shape index (κ3) is 2.05. The topological polar surface area (TPSA) is 63.4 Å². The van der Waals surface area contributed by atoms with E-state index in [4.69, 9.17) is 5.14 Å². The summed E-state index contributed by atoms with van der Waals surface area (Å²) in [6, 6.07) is 1.39. The van der Waals surface area contributed by atoms with E-state index in [0.717, 1.165) is 25.7 Å². The van der Waals surface area contributed by atoms with Crippen molar-refractivity contribution in [1.82, 2.24) is 4.90 Å². The fraction of sp³-hybridized carbons (Fsp3) is 1.00. The zero-order chi connectivity index (χ0) is 11.2. The van der Waals surface area contributed by atoms with Crippen LogP contribution in [0, 0.1) is 0 Å². The molecule has 5 heteroatoms. The summed E-state index contributed by atoms with van der Waals surface area (Å²) in [4.78, 5) is 2.47. The molecular weight excluding hydrogens is 212 g/mol. The molecule has 0 saturated carbocycles. The second kappa shape index (κ2) is 3.71. The summed E-state index contributed by atoms with van der Waals surface area (Å²) >= 11 is 0. The highest BCUT2D eigenvalue weighted by atomic mass is 32.2. The minimum absolute atomic E-state index is 0.301. The Kier molecular flexibility index (Phi) is 2.81.